The largest absolute Gasteiger partial charge is 0.390 e. The number of halogens is 1. The van der Waals surface area contributed by atoms with Gasteiger partial charge in [0.15, 0.2) is 5.78 Å². The van der Waals surface area contributed by atoms with Crippen LogP contribution in [-0.4, -0.2) is 32.7 Å². The Kier molecular flexibility index (Phi) is 3.49. The molecule has 0 fully saturated rings. The van der Waals surface area contributed by atoms with Crippen molar-refractivity contribution in [1.82, 2.24) is 9.78 Å². The van der Waals surface area contributed by atoms with Crippen LogP contribution in [0, 0.1) is 0 Å². The normalized spacial score (nSPS) is 12.8. The average Bonchev–Trinajstić information content (AvgIpc) is 2.48. The highest BCUT2D eigenvalue weighted by molar-refractivity contribution is 6.18. The number of hydrogen-bond donors (Lipinski definition) is 2. The number of nitrogens with one attached hydrogen (secondary N) is 1. The predicted octanol–water partition coefficient (Wildman–Crippen LogP) is -0.0213. The quantitative estimate of drug-likeness (QED) is 0.551. The smallest absolute Gasteiger partial charge is 0.267 e. The Balaban J connectivity index is 2.88. The van der Waals surface area contributed by atoms with Crippen LogP contribution in [0.4, 0.5) is 0 Å². The van der Waals surface area contributed by atoms with Crippen molar-refractivity contribution in [1.29, 1.82) is 0 Å². The molecule has 0 radical (unpaired) electrons. The van der Waals surface area contributed by atoms with Crippen molar-refractivity contribution >= 4 is 17.4 Å². The fourth-order valence-electron chi connectivity index (χ4n) is 1.01. The van der Waals surface area contributed by atoms with Gasteiger partial charge < -0.3 is 5.11 Å². The fraction of sp³-hybridized carbons (Fsp3) is 0.500. The number of rotatable bonds is 4. The Morgan fingerprint density at radius 3 is 2.86 bits per heavy atom. The van der Waals surface area contributed by atoms with E-state index in [0.717, 1.165) is 4.68 Å². The molecule has 14 heavy (non-hydrogen) atoms. The molecular formula is C8H11ClN2O3. The maximum Gasteiger partial charge on any atom is 0.267 e. The van der Waals surface area contributed by atoms with E-state index < -0.39 is 6.10 Å². The van der Waals surface area contributed by atoms with Crippen molar-refractivity contribution in [2.75, 3.05) is 5.88 Å². The van der Waals surface area contributed by atoms with Gasteiger partial charge in [0.1, 0.15) is 5.69 Å². The highest BCUT2D eigenvalue weighted by Crippen LogP contribution is 1.95. The topological polar surface area (TPSA) is 75.1 Å². The molecule has 78 valence electrons. The molecule has 0 saturated carbocycles. The van der Waals surface area contributed by atoms with Gasteiger partial charge in [0.25, 0.3) is 5.56 Å². The summed E-state index contributed by atoms with van der Waals surface area (Å²) in [6.45, 7) is 1.42. The van der Waals surface area contributed by atoms with E-state index >= 15 is 0 Å². The van der Waals surface area contributed by atoms with Gasteiger partial charge in [-0.3, -0.25) is 14.7 Å². The second-order valence-corrected chi connectivity index (χ2v) is 3.29. The molecule has 1 heterocycles. The van der Waals surface area contributed by atoms with Crippen LogP contribution >= 0.6 is 11.6 Å². The van der Waals surface area contributed by atoms with E-state index in [2.05, 4.69) is 5.10 Å². The van der Waals surface area contributed by atoms with E-state index in [4.69, 9.17) is 11.6 Å². The lowest BCUT2D eigenvalue weighted by molar-refractivity contribution is 0.101. The van der Waals surface area contributed by atoms with Crippen molar-refractivity contribution in [3.05, 3.63) is 22.1 Å². The predicted molar refractivity (Wildman–Crippen MR) is 51.8 cm³/mol. The van der Waals surface area contributed by atoms with Crippen LogP contribution in [0.2, 0.25) is 0 Å². The molecule has 1 atom stereocenters. The molecule has 1 rings (SSSR count). The Morgan fingerprint density at radius 1 is 1.79 bits per heavy atom. The molecule has 2 N–H and O–H groups in total. The van der Waals surface area contributed by atoms with Gasteiger partial charge in [0, 0.05) is 13.0 Å². The number of carbonyl (C=O) groups is 1. The lowest BCUT2D eigenvalue weighted by Gasteiger charge is -2.05. The van der Waals surface area contributed by atoms with Gasteiger partial charge >= 0.3 is 0 Å². The molecule has 0 spiro atoms. The summed E-state index contributed by atoms with van der Waals surface area (Å²) in [4.78, 5) is 22.1. The summed E-state index contributed by atoms with van der Waals surface area (Å²) in [5.41, 5.74) is -0.115. The van der Waals surface area contributed by atoms with Crippen molar-refractivity contribution in [3.63, 3.8) is 0 Å². The van der Waals surface area contributed by atoms with Crippen LogP contribution in [0.3, 0.4) is 0 Å². The first-order chi connectivity index (χ1) is 6.54. The molecule has 5 nitrogen and oxygen atoms in total. The van der Waals surface area contributed by atoms with Gasteiger partial charge in [0.05, 0.1) is 18.5 Å². The summed E-state index contributed by atoms with van der Waals surface area (Å²) < 4.78 is 1.16. The van der Waals surface area contributed by atoms with Crippen LogP contribution < -0.4 is 5.56 Å². The molecule has 0 amide bonds. The molecule has 0 saturated heterocycles. The summed E-state index contributed by atoms with van der Waals surface area (Å²) in [6.07, 6.45) is -0.798. The molecule has 0 aliphatic rings. The Labute approximate surface area is 85.3 Å². The van der Waals surface area contributed by atoms with Crippen molar-refractivity contribution < 1.29 is 9.90 Å². The zero-order valence-electron chi connectivity index (χ0n) is 7.66. The van der Waals surface area contributed by atoms with Crippen molar-refractivity contribution in [2.45, 2.75) is 19.6 Å². The summed E-state index contributed by atoms with van der Waals surface area (Å²) in [6, 6.07) is 1.20. The maximum atomic E-state index is 11.2. The van der Waals surface area contributed by atoms with Crippen molar-refractivity contribution in [3.8, 4) is 0 Å². The lowest BCUT2D eigenvalue weighted by atomic mass is 10.3. The monoisotopic (exact) mass is 218 g/mol. The van der Waals surface area contributed by atoms with E-state index in [1.54, 1.807) is 0 Å². The second kappa shape index (κ2) is 4.43. The van der Waals surface area contributed by atoms with E-state index in [1.165, 1.54) is 13.0 Å². The number of aliphatic hydroxyl groups is 1. The molecule has 0 aliphatic heterocycles. The molecule has 1 aromatic rings. The maximum absolute atomic E-state index is 11.2. The Hall–Kier alpha value is -1.07. The number of nitrogens with zero attached hydrogens (tertiary/aromatic N) is 1. The second-order valence-electron chi connectivity index (χ2n) is 2.98. The number of aliphatic hydroxyl groups excluding tert-OH is 1. The van der Waals surface area contributed by atoms with Crippen LogP contribution in [0.5, 0.6) is 0 Å². The van der Waals surface area contributed by atoms with Gasteiger partial charge in [-0.15, -0.1) is 11.6 Å². The molecule has 6 heteroatoms. The number of H-pyrrole nitrogens is 1. The minimum atomic E-state index is -0.798. The average molecular weight is 219 g/mol. The minimum Gasteiger partial charge on any atom is -0.390 e. The number of alkyl halides is 1. The molecule has 0 aromatic carbocycles. The third kappa shape index (κ3) is 2.46. The van der Waals surface area contributed by atoms with E-state index in [-0.39, 0.29) is 29.5 Å². The number of Topliss-reactive ketones (excluding diaryl/α,β-unsaturated/α-hetero) is 1. The van der Waals surface area contributed by atoms with Gasteiger partial charge in [-0.2, -0.15) is 0 Å². The van der Waals surface area contributed by atoms with Crippen LogP contribution in [0.1, 0.15) is 17.4 Å². The zero-order valence-corrected chi connectivity index (χ0v) is 8.41. The van der Waals surface area contributed by atoms with Crippen LogP contribution in [0.25, 0.3) is 0 Å². The van der Waals surface area contributed by atoms with Gasteiger partial charge in [-0.05, 0) is 0 Å². The first-order valence-electron chi connectivity index (χ1n) is 4.09. The summed E-state index contributed by atoms with van der Waals surface area (Å²) in [5.74, 6) is -0.179. The third-order valence-corrected chi connectivity index (χ3v) is 2.10. The Morgan fingerprint density at radius 2 is 2.43 bits per heavy atom. The molecular weight excluding hydrogens is 208 g/mol. The van der Waals surface area contributed by atoms with E-state index in [1.807, 2.05) is 0 Å². The van der Waals surface area contributed by atoms with E-state index in [0.29, 0.717) is 0 Å². The molecule has 1 aromatic heterocycles. The highest BCUT2D eigenvalue weighted by Gasteiger charge is 2.09. The van der Waals surface area contributed by atoms with Gasteiger partial charge in [0.2, 0.25) is 0 Å². The first-order valence-corrected chi connectivity index (χ1v) is 4.63. The van der Waals surface area contributed by atoms with Gasteiger partial charge in [-0.25, -0.2) is 4.68 Å². The number of hydrogen-bond acceptors (Lipinski definition) is 3. The molecule has 0 bridgehead atoms. The van der Waals surface area contributed by atoms with Crippen LogP contribution in [0.15, 0.2) is 10.9 Å². The molecule has 1 unspecified atom stereocenters. The number of aromatic nitrogens is 2. The number of carbonyl (C=O) groups excluding carboxylic acids is 1. The third-order valence-electron chi connectivity index (χ3n) is 1.74. The Bertz CT molecular complexity index is 382. The standard InChI is InChI=1S/C8H11ClN2O3/c1-5(12)7-2-8(14)11(10-7)4-6(13)3-9/h2,6,10,13H,3-4H2,1H3. The fourth-order valence-corrected chi connectivity index (χ4v) is 1.11. The zero-order chi connectivity index (χ0) is 10.7. The van der Waals surface area contributed by atoms with Gasteiger partial charge in [-0.1, -0.05) is 0 Å². The SMILES string of the molecule is CC(=O)c1cc(=O)n(CC(O)CCl)[nH]1. The molecule has 0 aliphatic carbocycles. The highest BCUT2D eigenvalue weighted by atomic mass is 35.5. The van der Waals surface area contributed by atoms with E-state index in [9.17, 15) is 14.7 Å². The number of ketones is 1. The number of aromatic amines is 1. The summed E-state index contributed by atoms with van der Waals surface area (Å²) in [7, 11) is 0. The first kappa shape index (κ1) is 11.0. The van der Waals surface area contributed by atoms with Crippen molar-refractivity contribution in [2.24, 2.45) is 0 Å². The minimum absolute atomic E-state index is 0.0425. The summed E-state index contributed by atoms with van der Waals surface area (Å²) >= 11 is 5.38. The summed E-state index contributed by atoms with van der Waals surface area (Å²) in [5, 5.41) is 11.8. The van der Waals surface area contributed by atoms with Crippen LogP contribution in [-0.2, 0) is 6.54 Å². The lowest BCUT2D eigenvalue weighted by Crippen LogP contribution is -2.25.